The van der Waals surface area contributed by atoms with Crippen molar-refractivity contribution in [1.82, 2.24) is 0 Å². The lowest BCUT2D eigenvalue weighted by Crippen LogP contribution is -1.84. The molecule has 0 amide bonds. The van der Waals surface area contributed by atoms with Crippen molar-refractivity contribution in [3.8, 4) is 0 Å². The zero-order valence-electron chi connectivity index (χ0n) is 3.86. The summed E-state index contributed by atoms with van der Waals surface area (Å²) in [5, 5.41) is 0. The van der Waals surface area contributed by atoms with Crippen molar-refractivity contribution in [2.75, 3.05) is 0 Å². The predicted octanol–water partition coefficient (Wildman–Crippen LogP) is 0.867. The van der Waals surface area contributed by atoms with Gasteiger partial charge in [-0.2, -0.15) is 0 Å². The van der Waals surface area contributed by atoms with Crippen LogP contribution in [0.4, 0.5) is 0 Å². The molecule has 5 heavy (non-hydrogen) atoms. The fraction of sp³-hybridized carbons (Fsp3) is 1.00. The van der Waals surface area contributed by atoms with E-state index in [1.54, 1.807) is 0 Å². The highest BCUT2D eigenvalue weighted by molar-refractivity contribution is 6.54. The van der Waals surface area contributed by atoms with Crippen LogP contribution in [0.3, 0.4) is 0 Å². The Morgan fingerprint density at radius 1 is 1.20 bits per heavy atom. The molecule has 2 heteroatoms. The molecule has 0 fully saturated rings. The molecular weight excluding hydrogens is 57.7 g/mol. The van der Waals surface area contributed by atoms with Gasteiger partial charge in [0.15, 0.2) is 0 Å². The lowest BCUT2D eigenvalue weighted by atomic mass is 9.58. The quantitative estimate of drug-likeness (QED) is 0.419. The van der Waals surface area contributed by atoms with E-state index in [4.69, 9.17) is 0 Å². The molecule has 0 rings (SSSR count). The molecule has 0 heterocycles. The van der Waals surface area contributed by atoms with E-state index in [0.29, 0.717) is 0 Å². The van der Waals surface area contributed by atoms with Crippen molar-refractivity contribution in [3.63, 3.8) is 0 Å². The van der Waals surface area contributed by atoms with E-state index in [-0.39, 0.29) is 0 Å². The minimum absolute atomic E-state index is 1.14. The molecule has 0 atom stereocenters. The Morgan fingerprint density at radius 3 is 1.60 bits per heavy atom. The Balaban J connectivity index is 2.19. The molecule has 0 unspecified atom stereocenters. The number of rotatable bonds is 2. The summed E-state index contributed by atoms with van der Waals surface area (Å²) in [6, 6.07) is 0. The summed E-state index contributed by atoms with van der Waals surface area (Å²) in [4.78, 5) is 0. The maximum Gasteiger partial charge on any atom is 0.0965 e. The molecule has 26 valence electrons. The third-order valence-corrected chi connectivity index (χ3v) is 0.471. The van der Waals surface area contributed by atoms with E-state index >= 15 is 0 Å². The first kappa shape index (κ1) is 5.13. The van der Waals surface area contributed by atoms with Crippen LogP contribution in [0, 0.1) is 0 Å². The molecule has 0 aromatic carbocycles. The molecule has 0 N–H and O–H groups in total. The SMILES string of the molecule is C[B]C[B]C. The van der Waals surface area contributed by atoms with Crippen molar-refractivity contribution >= 4 is 14.6 Å². The fourth-order valence-electron chi connectivity index (χ4n) is 0.236. The second kappa shape index (κ2) is 4.13. The van der Waals surface area contributed by atoms with E-state index in [1.165, 1.54) is 0 Å². The average Bonchev–Trinajstić information content (AvgIpc) is 1.41. The Hall–Kier alpha value is 0.130. The molecule has 0 saturated carbocycles. The summed E-state index contributed by atoms with van der Waals surface area (Å²) in [6.07, 6.45) is 1.14. The molecule has 2 radical (unpaired) electrons. The van der Waals surface area contributed by atoms with Crippen LogP contribution < -0.4 is 0 Å². The summed E-state index contributed by atoms with van der Waals surface area (Å²) >= 11 is 0. The van der Waals surface area contributed by atoms with Crippen molar-refractivity contribution < 1.29 is 0 Å². The van der Waals surface area contributed by atoms with E-state index in [9.17, 15) is 0 Å². The van der Waals surface area contributed by atoms with Crippen molar-refractivity contribution in [2.45, 2.75) is 19.9 Å². The monoisotopic (exact) mass is 66.1 g/mol. The molecule has 0 nitrogen and oxygen atoms in total. The highest BCUT2D eigenvalue weighted by Gasteiger charge is 1.73. The molecule has 0 saturated heterocycles. The van der Waals surface area contributed by atoms with E-state index < -0.39 is 0 Å². The first-order valence-corrected chi connectivity index (χ1v) is 1.97. The van der Waals surface area contributed by atoms with Crippen LogP contribution in [0.5, 0.6) is 0 Å². The third-order valence-electron chi connectivity index (χ3n) is 0.471. The molecule has 0 aromatic heterocycles. The van der Waals surface area contributed by atoms with Gasteiger partial charge in [-0.3, -0.25) is 0 Å². The maximum atomic E-state index is 2.12. The highest BCUT2D eigenvalue weighted by atomic mass is 13.2. The van der Waals surface area contributed by atoms with Gasteiger partial charge in [0.1, 0.15) is 0 Å². The molecule has 0 bridgehead atoms. The van der Waals surface area contributed by atoms with Gasteiger partial charge < -0.3 is 0 Å². The van der Waals surface area contributed by atoms with Crippen LogP contribution in [-0.2, 0) is 0 Å². The number of hydrogen-bond donors (Lipinski definition) is 0. The minimum atomic E-state index is 1.14. The Bertz CT molecular complexity index is 12.4. The molecule has 0 aromatic rings. The topological polar surface area (TPSA) is 0 Å². The predicted molar refractivity (Wildman–Crippen MR) is 28.0 cm³/mol. The first-order valence-electron chi connectivity index (χ1n) is 1.97. The van der Waals surface area contributed by atoms with Gasteiger partial charge in [0, 0.05) is 0 Å². The fourth-order valence-corrected chi connectivity index (χ4v) is 0.236. The summed E-state index contributed by atoms with van der Waals surface area (Å²) in [5.74, 6) is 0. The molecule has 0 aliphatic heterocycles. The smallest absolute Gasteiger partial charge is 0.0965 e. The lowest BCUT2D eigenvalue weighted by molar-refractivity contribution is 1.91. The molecular formula is C3H8B2. The van der Waals surface area contributed by atoms with Crippen LogP contribution in [0.25, 0.3) is 0 Å². The largest absolute Gasteiger partial charge is 0.107 e. The van der Waals surface area contributed by atoms with E-state index in [0.717, 1.165) is 6.22 Å². The second-order valence-corrected chi connectivity index (χ2v) is 1.05. The summed E-state index contributed by atoms with van der Waals surface area (Å²) in [6.45, 7) is 4.11. The number of hydrogen-bond acceptors (Lipinski definition) is 0. The van der Waals surface area contributed by atoms with Gasteiger partial charge in [-0.15, -0.1) is 6.22 Å². The first-order chi connectivity index (χ1) is 2.41. The van der Waals surface area contributed by atoms with Gasteiger partial charge in [0.2, 0.25) is 0 Å². The van der Waals surface area contributed by atoms with E-state index in [1.807, 2.05) is 0 Å². The summed E-state index contributed by atoms with van der Waals surface area (Å²) in [7, 11) is 4.25. The zero-order valence-corrected chi connectivity index (χ0v) is 3.86. The van der Waals surface area contributed by atoms with Crippen LogP contribution in [0.2, 0.25) is 19.9 Å². The van der Waals surface area contributed by atoms with Gasteiger partial charge >= 0.3 is 0 Å². The van der Waals surface area contributed by atoms with Crippen molar-refractivity contribution in [1.29, 1.82) is 0 Å². The lowest BCUT2D eigenvalue weighted by Gasteiger charge is -1.74. The van der Waals surface area contributed by atoms with Crippen LogP contribution in [-0.4, -0.2) is 14.6 Å². The maximum absolute atomic E-state index is 2.12. The third kappa shape index (κ3) is 4.13. The van der Waals surface area contributed by atoms with Crippen LogP contribution in [0.1, 0.15) is 0 Å². The van der Waals surface area contributed by atoms with Crippen molar-refractivity contribution in [2.24, 2.45) is 0 Å². The molecule has 0 spiro atoms. The van der Waals surface area contributed by atoms with Gasteiger partial charge in [-0.1, -0.05) is 13.6 Å². The zero-order chi connectivity index (χ0) is 4.12. The highest BCUT2D eigenvalue weighted by Crippen LogP contribution is 1.68. The Kier molecular flexibility index (Phi) is 4.24. The van der Waals surface area contributed by atoms with Crippen LogP contribution in [0.15, 0.2) is 0 Å². The summed E-state index contributed by atoms with van der Waals surface area (Å²) in [5.41, 5.74) is 0. The summed E-state index contributed by atoms with van der Waals surface area (Å²) < 4.78 is 0. The van der Waals surface area contributed by atoms with Gasteiger partial charge in [0.25, 0.3) is 0 Å². The normalized spacial score (nSPS) is 6.80. The van der Waals surface area contributed by atoms with Crippen molar-refractivity contribution in [3.05, 3.63) is 0 Å². The van der Waals surface area contributed by atoms with Crippen LogP contribution >= 0.6 is 0 Å². The molecule has 0 aliphatic rings. The Labute approximate surface area is 35.4 Å². The minimum Gasteiger partial charge on any atom is -0.107 e. The second-order valence-electron chi connectivity index (χ2n) is 1.05. The van der Waals surface area contributed by atoms with Gasteiger partial charge in [-0.25, -0.2) is 0 Å². The van der Waals surface area contributed by atoms with E-state index in [2.05, 4.69) is 28.2 Å². The molecule has 0 aliphatic carbocycles. The van der Waals surface area contributed by atoms with Gasteiger partial charge in [0.05, 0.1) is 14.6 Å². The van der Waals surface area contributed by atoms with Gasteiger partial charge in [-0.05, 0) is 0 Å². The standard InChI is InChI=1S/C3H8B2/c1-4-3-5-2/h3H2,1-2H3. The Morgan fingerprint density at radius 2 is 1.60 bits per heavy atom. The average molecular weight is 65.7 g/mol.